The van der Waals surface area contributed by atoms with Gasteiger partial charge in [-0.1, -0.05) is 54.6 Å². The molecule has 6 heteroatoms. The van der Waals surface area contributed by atoms with Gasteiger partial charge in [0.05, 0.1) is 10.7 Å². The third-order valence-corrected chi connectivity index (χ3v) is 6.16. The number of para-hydroxylation sites is 1. The number of hydrogen-bond acceptors (Lipinski definition) is 3. The first-order valence-corrected chi connectivity index (χ1v) is 11.6. The van der Waals surface area contributed by atoms with Crippen molar-refractivity contribution in [2.75, 3.05) is 6.61 Å². The van der Waals surface area contributed by atoms with Gasteiger partial charge in [0.2, 0.25) is 0 Å². The van der Waals surface area contributed by atoms with Crippen molar-refractivity contribution in [2.45, 2.75) is 27.3 Å². The lowest BCUT2D eigenvalue weighted by atomic mass is 10.1. The van der Waals surface area contributed by atoms with E-state index in [2.05, 4.69) is 62.2 Å². The number of fused-ring (bicyclic) bond motifs is 1. The average molecular weight is 504 g/mol. The SMILES string of the molecule is Cc1cc(C)c(OCC(=O)NN=Cc2c(C)n(Cc3ccccc3)c3ccccc23)c(Br)c1. The lowest BCUT2D eigenvalue weighted by Gasteiger charge is -2.11. The topological polar surface area (TPSA) is 55.6 Å². The molecule has 0 spiro atoms. The molecule has 3 aromatic carbocycles. The van der Waals surface area contributed by atoms with Crippen LogP contribution in [0.25, 0.3) is 10.9 Å². The molecule has 0 bridgehead atoms. The Morgan fingerprint density at radius 2 is 1.79 bits per heavy atom. The number of nitrogens with one attached hydrogen (secondary N) is 1. The Bertz CT molecular complexity index is 1300. The van der Waals surface area contributed by atoms with Crippen LogP contribution in [0.4, 0.5) is 0 Å². The molecule has 0 aliphatic rings. The van der Waals surface area contributed by atoms with Crippen LogP contribution >= 0.6 is 15.9 Å². The molecule has 4 aromatic rings. The van der Waals surface area contributed by atoms with Crippen LogP contribution in [0, 0.1) is 20.8 Å². The van der Waals surface area contributed by atoms with Crippen molar-refractivity contribution < 1.29 is 9.53 Å². The number of aromatic nitrogens is 1. The van der Waals surface area contributed by atoms with Gasteiger partial charge in [0.25, 0.3) is 5.91 Å². The number of amides is 1. The molecule has 0 atom stereocenters. The zero-order chi connectivity index (χ0) is 23.4. The number of carbonyl (C=O) groups excluding carboxylic acids is 1. The van der Waals surface area contributed by atoms with Gasteiger partial charge in [0.1, 0.15) is 5.75 Å². The molecule has 168 valence electrons. The van der Waals surface area contributed by atoms with Gasteiger partial charge in [-0.15, -0.1) is 0 Å². The van der Waals surface area contributed by atoms with E-state index in [4.69, 9.17) is 4.74 Å². The highest BCUT2D eigenvalue weighted by molar-refractivity contribution is 9.10. The van der Waals surface area contributed by atoms with E-state index in [1.165, 1.54) is 5.56 Å². The second-order valence-electron chi connectivity index (χ2n) is 8.06. The molecule has 0 unspecified atom stereocenters. The summed E-state index contributed by atoms with van der Waals surface area (Å²) in [5.74, 6) is 0.350. The number of hydrogen-bond donors (Lipinski definition) is 1. The predicted octanol–water partition coefficient (Wildman–Crippen LogP) is 5.91. The van der Waals surface area contributed by atoms with Crippen LogP contribution in [-0.4, -0.2) is 23.3 Å². The van der Waals surface area contributed by atoms with Gasteiger partial charge in [-0.05, 0) is 65.5 Å². The molecule has 0 fully saturated rings. The summed E-state index contributed by atoms with van der Waals surface area (Å²) >= 11 is 3.50. The fraction of sp³-hybridized carbons (Fsp3) is 0.185. The fourth-order valence-corrected chi connectivity index (χ4v) is 4.80. The summed E-state index contributed by atoms with van der Waals surface area (Å²) in [5, 5.41) is 5.31. The summed E-state index contributed by atoms with van der Waals surface area (Å²) in [4.78, 5) is 12.3. The molecule has 0 saturated carbocycles. The van der Waals surface area contributed by atoms with Gasteiger partial charge in [0.15, 0.2) is 6.61 Å². The third-order valence-electron chi connectivity index (χ3n) is 5.57. The molecule has 1 aromatic heterocycles. The van der Waals surface area contributed by atoms with Crippen LogP contribution in [-0.2, 0) is 11.3 Å². The molecule has 4 rings (SSSR count). The molecule has 0 aliphatic carbocycles. The van der Waals surface area contributed by atoms with Crippen LogP contribution in [0.5, 0.6) is 5.75 Å². The first-order valence-electron chi connectivity index (χ1n) is 10.8. The van der Waals surface area contributed by atoms with E-state index in [1.807, 2.05) is 56.3 Å². The standard InChI is InChI=1S/C27H26BrN3O2/c1-18-13-19(2)27(24(28)14-18)33-17-26(32)30-29-15-23-20(3)31(16-21-9-5-4-6-10-21)25-12-8-7-11-22(23)25/h4-15H,16-17H2,1-3H3,(H,30,32). The van der Waals surface area contributed by atoms with Gasteiger partial charge >= 0.3 is 0 Å². The number of nitrogens with zero attached hydrogens (tertiary/aromatic N) is 2. The number of rotatable bonds is 7. The first kappa shape index (κ1) is 22.8. The van der Waals surface area contributed by atoms with Crippen LogP contribution in [0.15, 0.2) is 76.3 Å². The van der Waals surface area contributed by atoms with Crippen molar-refractivity contribution in [3.63, 3.8) is 0 Å². The fourth-order valence-electron chi connectivity index (χ4n) is 4.01. The van der Waals surface area contributed by atoms with Gasteiger partial charge in [0, 0.05) is 28.7 Å². The molecule has 0 aliphatic heterocycles. The number of carbonyl (C=O) groups is 1. The summed E-state index contributed by atoms with van der Waals surface area (Å²) in [6, 6.07) is 22.6. The summed E-state index contributed by atoms with van der Waals surface area (Å²) in [6.07, 6.45) is 1.71. The average Bonchev–Trinajstić information content (AvgIpc) is 3.05. The number of benzene rings is 3. The number of halogens is 1. The molecule has 5 nitrogen and oxygen atoms in total. The van der Waals surface area contributed by atoms with Crippen molar-refractivity contribution in [1.82, 2.24) is 9.99 Å². The quantitative estimate of drug-likeness (QED) is 0.252. The van der Waals surface area contributed by atoms with Crippen molar-refractivity contribution in [2.24, 2.45) is 5.10 Å². The molecule has 1 amide bonds. The zero-order valence-corrected chi connectivity index (χ0v) is 20.5. The van der Waals surface area contributed by atoms with Gasteiger partial charge in [-0.25, -0.2) is 5.43 Å². The van der Waals surface area contributed by atoms with E-state index in [1.54, 1.807) is 6.21 Å². The minimum Gasteiger partial charge on any atom is -0.482 e. The van der Waals surface area contributed by atoms with E-state index in [9.17, 15) is 4.79 Å². The number of ether oxygens (including phenoxy) is 1. The molecule has 1 heterocycles. The summed E-state index contributed by atoms with van der Waals surface area (Å²) in [7, 11) is 0. The second-order valence-corrected chi connectivity index (χ2v) is 8.92. The second kappa shape index (κ2) is 10.0. The Labute approximate surface area is 202 Å². The number of hydrazone groups is 1. The maximum atomic E-state index is 12.3. The van der Waals surface area contributed by atoms with E-state index in [0.717, 1.165) is 44.3 Å². The van der Waals surface area contributed by atoms with Gasteiger partial charge in [-0.2, -0.15) is 5.10 Å². The Morgan fingerprint density at radius 3 is 2.55 bits per heavy atom. The van der Waals surface area contributed by atoms with Crippen molar-refractivity contribution in [1.29, 1.82) is 0 Å². The maximum absolute atomic E-state index is 12.3. The molecule has 1 N–H and O–H groups in total. The van der Waals surface area contributed by atoms with Crippen molar-refractivity contribution in [3.05, 3.63) is 99.2 Å². The summed E-state index contributed by atoms with van der Waals surface area (Å²) in [6.45, 7) is 6.70. The van der Waals surface area contributed by atoms with Crippen LogP contribution in [0.3, 0.4) is 0 Å². The Morgan fingerprint density at radius 1 is 1.06 bits per heavy atom. The van der Waals surface area contributed by atoms with Gasteiger partial charge in [-0.3, -0.25) is 4.79 Å². The predicted molar refractivity (Wildman–Crippen MR) is 137 cm³/mol. The van der Waals surface area contributed by atoms with E-state index < -0.39 is 0 Å². The van der Waals surface area contributed by atoms with Gasteiger partial charge < -0.3 is 9.30 Å². The first-order chi connectivity index (χ1) is 15.9. The normalized spacial score (nSPS) is 11.3. The Hall–Kier alpha value is -3.38. The molecular formula is C27H26BrN3O2. The van der Waals surface area contributed by atoms with Crippen molar-refractivity contribution in [3.8, 4) is 5.75 Å². The monoisotopic (exact) mass is 503 g/mol. The zero-order valence-electron chi connectivity index (χ0n) is 18.9. The smallest absolute Gasteiger partial charge is 0.277 e. The highest BCUT2D eigenvalue weighted by atomic mass is 79.9. The number of aryl methyl sites for hydroxylation is 2. The van der Waals surface area contributed by atoms with E-state index in [0.29, 0.717) is 5.75 Å². The lowest BCUT2D eigenvalue weighted by molar-refractivity contribution is -0.123. The highest BCUT2D eigenvalue weighted by Crippen LogP contribution is 2.30. The molecule has 0 radical (unpaired) electrons. The molecule has 0 saturated heterocycles. The minimum absolute atomic E-state index is 0.116. The minimum atomic E-state index is -0.316. The highest BCUT2D eigenvalue weighted by Gasteiger charge is 2.13. The molecular weight excluding hydrogens is 478 g/mol. The lowest BCUT2D eigenvalue weighted by Crippen LogP contribution is -2.25. The third kappa shape index (κ3) is 5.17. The largest absolute Gasteiger partial charge is 0.482 e. The Balaban J connectivity index is 1.48. The van der Waals surface area contributed by atoms with E-state index >= 15 is 0 Å². The van der Waals surface area contributed by atoms with Crippen LogP contribution in [0.2, 0.25) is 0 Å². The van der Waals surface area contributed by atoms with Crippen LogP contribution in [0.1, 0.15) is 27.9 Å². The maximum Gasteiger partial charge on any atom is 0.277 e. The van der Waals surface area contributed by atoms with Crippen molar-refractivity contribution >= 4 is 39.0 Å². The summed E-state index contributed by atoms with van der Waals surface area (Å²) in [5.41, 5.74) is 9.12. The summed E-state index contributed by atoms with van der Waals surface area (Å²) < 4.78 is 8.82. The molecule has 33 heavy (non-hydrogen) atoms. The van der Waals surface area contributed by atoms with Crippen LogP contribution < -0.4 is 10.2 Å². The van der Waals surface area contributed by atoms with E-state index in [-0.39, 0.29) is 12.5 Å². The Kier molecular flexibility index (Phi) is 6.94.